The molecule has 1 aliphatic heterocycles. The average molecular weight is 309 g/mol. The molecule has 98 valence electrons. The fourth-order valence-corrected chi connectivity index (χ4v) is 4.17. The predicted molar refractivity (Wildman–Crippen MR) is 78.1 cm³/mol. The van der Waals surface area contributed by atoms with Crippen molar-refractivity contribution in [3.05, 3.63) is 35.4 Å². The standard InChI is InChI=1S/C16H21BrO/c1-11-13(6-7-15(11)17)10-16-14-5-3-2-4-12(14)8-9-18-16/h2-5,11,13,15-16H,6-10H2,1H3. The van der Waals surface area contributed by atoms with Crippen LogP contribution in [-0.2, 0) is 11.2 Å². The number of fused-ring (bicyclic) bond motifs is 1. The van der Waals surface area contributed by atoms with Gasteiger partial charge in [-0.2, -0.15) is 0 Å². The van der Waals surface area contributed by atoms with Gasteiger partial charge in [0.1, 0.15) is 0 Å². The van der Waals surface area contributed by atoms with E-state index in [0.29, 0.717) is 10.9 Å². The summed E-state index contributed by atoms with van der Waals surface area (Å²) in [6.45, 7) is 3.27. The van der Waals surface area contributed by atoms with E-state index in [-0.39, 0.29) is 0 Å². The summed E-state index contributed by atoms with van der Waals surface area (Å²) in [4.78, 5) is 0.710. The number of benzene rings is 1. The van der Waals surface area contributed by atoms with Crippen molar-refractivity contribution >= 4 is 15.9 Å². The summed E-state index contributed by atoms with van der Waals surface area (Å²) in [6.07, 6.45) is 5.27. The van der Waals surface area contributed by atoms with Gasteiger partial charge < -0.3 is 4.74 Å². The molecule has 4 unspecified atom stereocenters. The molecule has 18 heavy (non-hydrogen) atoms. The van der Waals surface area contributed by atoms with Gasteiger partial charge >= 0.3 is 0 Å². The van der Waals surface area contributed by atoms with Crippen LogP contribution in [0.25, 0.3) is 0 Å². The lowest BCUT2D eigenvalue weighted by Gasteiger charge is -2.29. The Morgan fingerprint density at radius 3 is 2.89 bits per heavy atom. The fraction of sp³-hybridized carbons (Fsp3) is 0.625. The number of alkyl halides is 1. The highest BCUT2D eigenvalue weighted by Gasteiger charge is 2.34. The third-order valence-electron chi connectivity index (χ3n) is 4.74. The van der Waals surface area contributed by atoms with E-state index in [1.807, 2.05) is 0 Å². The first-order chi connectivity index (χ1) is 8.75. The van der Waals surface area contributed by atoms with E-state index in [1.165, 1.54) is 30.4 Å². The third kappa shape index (κ3) is 2.37. The monoisotopic (exact) mass is 308 g/mol. The summed E-state index contributed by atoms with van der Waals surface area (Å²) >= 11 is 3.80. The summed E-state index contributed by atoms with van der Waals surface area (Å²) in [5.41, 5.74) is 2.93. The second-order valence-corrected chi connectivity index (χ2v) is 6.93. The van der Waals surface area contributed by atoms with E-state index >= 15 is 0 Å². The summed E-state index contributed by atoms with van der Waals surface area (Å²) < 4.78 is 6.03. The van der Waals surface area contributed by atoms with Crippen molar-refractivity contribution in [1.82, 2.24) is 0 Å². The first kappa shape index (κ1) is 12.7. The SMILES string of the molecule is CC1C(Br)CCC1CC1OCCc2ccccc21. The van der Waals surface area contributed by atoms with Crippen molar-refractivity contribution in [2.75, 3.05) is 6.61 Å². The largest absolute Gasteiger partial charge is 0.373 e. The number of rotatable bonds is 2. The molecule has 0 spiro atoms. The zero-order chi connectivity index (χ0) is 12.5. The first-order valence-corrected chi connectivity index (χ1v) is 8.00. The van der Waals surface area contributed by atoms with Crippen LogP contribution in [0.3, 0.4) is 0 Å². The molecule has 3 rings (SSSR count). The summed E-state index contributed by atoms with van der Waals surface area (Å²) in [7, 11) is 0. The van der Waals surface area contributed by atoms with Crippen LogP contribution in [0.2, 0.25) is 0 Å². The van der Waals surface area contributed by atoms with Crippen LogP contribution in [-0.4, -0.2) is 11.4 Å². The zero-order valence-corrected chi connectivity index (χ0v) is 12.5. The van der Waals surface area contributed by atoms with Crippen LogP contribution in [0.5, 0.6) is 0 Å². The van der Waals surface area contributed by atoms with Crippen molar-refractivity contribution in [2.24, 2.45) is 11.8 Å². The van der Waals surface area contributed by atoms with Gasteiger partial charge in [0.2, 0.25) is 0 Å². The molecule has 2 aliphatic rings. The second-order valence-electron chi connectivity index (χ2n) is 5.76. The molecule has 0 radical (unpaired) electrons. The molecular formula is C16H21BrO. The van der Waals surface area contributed by atoms with E-state index in [2.05, 4.69) is 47.1 Å². The molecule has 0 bridgehead atoms. The van der Waals surface area contributed by atoms with E-state index < -0.39 is 0 Å². The number of hydrogen-bond acceptors (Lipinski definition) is 1. The quantitative estimate of drug-likeness (QED) is 0.731. The van der Waals surface area contributed by atoms with Crippen molar-refractivity contribution in [2.45, 2.75) is 43.5 Å². The summed E-state index contributed by atoms with van der Waals surface area (Å²) in [5.74, 6) is 1.59. The van der Waals surface area contributed by atoms with Crippen LogP contribution in [0.1, 0.15) is 43.4 Å². The van der Waals surface area contributed by atoms with E-state index in [4.69, 9.17) is 4.74 Å². The van der Waals surface area contributed by atoms with Gasteiger partial charge in [0, 0.05) is 4.83 Å². The molecule has 0 amide bonds. The van der Waals surface area contributed by atoms with E-state index in [1.54, 1.807) is 0 Å². The molecule has 4 atom stereocenters. The highest BCUT2D eigenvalue weighted by Crippen LogP contribution is 2.43. The Morgan fingerprint density at radius 1 is 1.28 bits per heavy atom. The van der Waals surface area contributed by atoms with Gasteiger partial charge in [0.15, 0.2) is 0 Å². The number of ether oxygens (including phenoxy) is 1. The minimum atomic E-state index is 0.334. The summed E-state index contributed by atoms with van der Waals surface area (Å²) in [5, 5.41) is 0. The molecule has 1 saturated carbocycles. The van der Waals surface area contributed by atoms with Crippen LogP contribution in [0, 0.1) is 11.8 Å². The zero-order valence-electron chi connectivity index (χ0n) is 10.9. The lowest BCUT2D eigenvalue weighted by molar-refractivity contribution is 0.0221. The molecule has 1 aromatic carbocycles. The molecule has 0 saturated heterocycles. The maximum Gasteiger partial charge on any atom is 0.0830 e. The molecule has 0 N–H and O–H groups in total. The van der Waals surface area contributed by atoms with Crippen LogP contribution >= 0.6 is 15.9 Å². The van der Waals surface area contributed by atoms with Gasteiger partial charge in [-0.3, -0.25) is 0 Å². The third-order valence-corrected chi connectivity index (χ3v) is 6.03. The molecule has 1 aromatic rings. The topological polar surface area (TPSA) is 9.23 Å². The molecular weight excluding hydrogens is 288 g/mol. The Bertz CT molecular complexity index is 417. The Morgan fingerprint density at radius 2 is 2.11 bits per heavy atom. The Labute approximate surface area is 118 Å². The lowest BCUT2D eigenvalue weighted by atomic mass is 9.87. The van der Waals surface area contributed by atoms with Crippen molar-refractivity contribution in [1.29, 1.82) is 0 Å². The molecule has 1 aliphatic carbocycles. The molecule has 1 fully saturated rings. The highest BCUT2D eigenvalue weighted by atomic mass is 79.9. The van der Waals surface area contributed by atoms with E-state index in [0.717, 1.165) is 24.9 Å². The summed E-state index contributed by atoms with van der Waals surface area (Å²) in [6, 6.07) is 8.81. The maximum atomic E-state index is 6.03. The van der Waals surface area contributed by atoms with Crippen LogP contribution in [0.4, 0.5) is 0 Å². The highest BCUT2D eigenvalue weighted by molar-refractivity contribution is 9.09. The Kier molecular flexibility index (Phi) is 3.76. The smallest absolute Gasteiger partial charge is 0.0830 e. The Balaban J connectivity index is 1.75. The van der Waals surface area contributed by atoms with Gasteiger partial charge in [-0.05, 0) is 48.6 Å². The lowest BCUT2D eigenvalue weighted by Crippen LogP contribution is -2.21. The van der Waals surface area contributed by atoms with Crippen LogP contribution < -0.4 is 0 Å². The van der Waals surface area contributed by atoms with Gasteiger partial charge in [-0.15, -0.1) is 0 Å². The molecule has 1 heterocycles. The maximum absolute atomic E-state index is 6.03. The minimum absolute atomic E-state index is 0.334. The second kappa shape index (κ2) is 5.34. The minimum Gasteiger partial charge on any atom is -0.373 e. The first-order valence-electron chi connectivity index (χ1n) is 7.09. The normalized spacial score (nSPS) is 35.4. The van der Waals surface area contributed by atoms with Gasteiger partial charge in [-0.1, -0.05) is 47.1 Å². The number of hydrogen-bond donors (Lipinski definition) is 0. The average Bonchev–Trinajstić information content (AvgIpc) is 2.71. The molecule has 0 aromatic heterocycles. The van der Waals surface area contributed by atoms with Crippen LogP contribution in [0.15, 0.2) is 24.3 Å². The van der Waals surface area contributed by atoms with Gasteiger partial charge in [-0.25, -0.2) is 0 Å². The predicted octanol–water partition coefficient (Wildman–Crippen LogP) is 4.50. The Hall–Kier alpha value is -0.340. The van der Waals surface area contributed by atoms with Gasteiger partial charge in [0.05, 0.1) is 12.7 Å². The van der Waals surface area contributed by atoms with Crippen molar-refractivity contribution in [3.8, 4) is 0 Å². The van der Waals surface area contributed by atoms with Gasteiger partial charge in [0.25, 0.3) is 0 Å². The number of halogens is 1. The van der Waals surface area contributed by atoms with Crippen molar-refractivity contribution in [3.63, 3.8) is 0 Å². The van der Waals surface area contributed by atoms with E-state index in [9.17, 15) is 0 Å². The van der Waals surface area contributed by atoms with Crippen molar-refractivity contribution < 1.29 is 4.74 Å². The fourth-order valence-electron chi connectivity index (χ4n) is 3.47. The molecule has 1 nitrogen and oxygen atoms in total. The molecule has 2 heteroatoms.